The molecule has 0 saturated carbocycles. The van der Waals surface area contributed by atoms with Gasteiger partial charge in [0.1, 0.15) is 11.2 Å². The third kappa shape index (κ3) is 5.33. The van der Waals surface area contributed by atoms with E-state index in [1.165, 1.54) is 14.4 Å². The Morgan fingerprint density at radius 2 is 1.79 bits per heavy atom. The van der Waals surface area contributed by atoms with Crippen molar-refractivity contribution in [1.29, 1.82) is 0 Å². The Kier molecular flexibility index (Phi) is 6.54. The smallest absolute Gasteiger partial charge is 0.248 e. The van der Waals surface area contributed by atoms with Crippen LogP contribution in [0.4, 0.5) is 5.69 Å². The fraction of sp³-hybridized carbons (Fsp3) is 0.429. The summed E-state index contributed by atoms with van der Waals surface area (Å²) in [5, 5.41) is 0. The number of carbonyl (C=O) groups is 1. The van der Waals surface area contributed by atoms with Crippen molar-refractivity contribution >= 4 is 21.6 Å². The van der Waals surface area contributed by atoms with E-state index in [0.717, 1.165) is 5.69 Å². The van der Waals surface area contributed by atoms with E-state index in [4.69, 9.17) is 0 Å². The van der Waals surface area contributed by atoms with Gasteiger partial charge < -0.3 is 4.90 Å². The number of benzene rings is 1. The Labute approximate surface area is 172 Å². The molecule has 1 aliphatic heterocycles. The summed E-state index contributed by atoms with van der Waals surface area (Å²) in [4.78, 5) is 19.3. The molecule has 0 amide bonds. The summed E-state index contributed by atoms with van der Waals surface area (Å²) in [7, 11) is -3.70. The number of anilines is 1. The Morgan fingerprint density at radius 3 is 2.45 bits per heavy atom. The Hall–Kier alpha value is -2.45. The Morgan fingerprint density at radius 1 is 1.07 bits per heavy atom. The van der Waals surface area contributed by atoms with Crippen LogP contribution in [0, 0.1) is 6.92 Å². The number of carbonyl (C=O) groups excluding carboxylic acids is 1. The molecule has 1 aromatic carbocycles. The fourth-order valence-corrected chi connectivity index (χ4v) is 4.73. The van der Waals surface area contributed by atoms with E-state index in [2.05, 4.69) is 16.0 Å². The van der Waals surface area contributed by atoms with Gasteiger partial charge in [0, 0.05) is 44.1 Å². The summed E-state index contributed by atoms with van der Waals surface area (Å²) in [6.07, 6.45) is 1.56. The Balaban J connectivity index is 1.69. The molecule has 8 heteroatoms. The van der Waals surface area contributed by atoms with Crippen LogP contribution in [-0.2, 0) is 10.0 Å². The Bertz CT molecular complexity index is 1040. The third-order valence-corrected chi connectivity index (χ3v) is 6.57. The van der Waals surface area contributed by atoms with Gasteiger partial charge >= 0.3 is 0 Å². The van der Waals surface area contributed by atoms with Gasteiger partial charge in [-0.1, -0.05) is 18.2 Å². The molecule has 1 aliphatic rings. The highest BCUT2D eigenvalue weighted by atomic mass is 32.2. The van der Waals surface area contributed by atoms with Crippen LogP contribution in [0.5, 0.6) is 0 Å². The number of aromatic nitrogens is 1. The van der Waals surface area contributed by atoms with Crippen molar-refractivity contribution in [1.82, 2.24) is 8.87 Å². The second-order valence-corrected chi connectivity index (χ2v) is 9.50. The summed E-state index contributed by atoms with van der Waals surface area (Å²) >= 11 is 0. The fourth-order valence-electron chi connectivity index (χ4n) is 3.38. The van der Waals surface area contributed by atoms with Gasteiger partial charge in [-0.05, 0) is 50.6 Å². The molecule has 2 aromatic rings. The highest BCUT2D eigenvalue weighted by Crippen LogP contribution is 2.19. The first-order chi connectivity index (χ1) is 13.8. The molecule has 0 N–H and O–H groups in total. The molecule has 156 valence electrons. The molecule has 0 unspecified atom stereocenters. The first-order valence-corrected chi connectivity index (χ1v) is 11.4. The van der Waals surface area contributed by atoms with Crippen molar-refractivity contribution in [2.75, 3.05) is 36.8 Å². The first kappa shape index (κ1) is 21.3. The van der Waals surface area contributed by atoms with E-state index in [1.807, 2.05) is 39.0 Å². The minimum Gasteiger partial charge on any atom is -0.369 e. The molecule has 1 aromatic heterocycles. The second kappa shape index (κ2) is 8.92. The molecular weight excluding hydrogens is 388 g/mol. The lowest BCUT2D eigenvalue weighted by atomic mass is 10.2. The number of nitrogens with zero attached hydrogens (tertiary/aromatic N) is 4. The lowest BCUT2D eigenvalue weighted by Crippen LogP contribution is -2.50. The maximum Gasteiger partial charge on any atom is 0.248 e. The zero-order valence-corrected chi connectivity index (χ0v) is 18.0. The average molecular weight is 417 g/mol. The minimum absolute atomic E-state index is 0.00255. The number of rotatable bonds is 5. The van der Waals surface area contributed by atoms with E-state index in [-0.39, 0.29) is 6.04 Å². The second-order valence-electron chi connectivity index (χ2n) is 7.53. The third-order valence-electron chi connectivity index (χ3n) is 4.80. The van der Waals surface area contributed by atoms with E-state index in [1.54, 1.807) is 24.4 Å². The minimum atomic E-state index is -3.70. The highest BCUT2D eigenvalue weighted by molar-refractivity contribution is 7.89. The molecule has 0 radical (unpaired) electrons. The van der Waals surface area contributed by atoms with Gasteiger partial charge in [-0.15, -0.1) is 0 Å². The number of sulfonamides is 1. The van der Waals surface area contributed by atoms with Crippen molar-refractivity contribution in [3.63, 3.8) is 0 Å². The SMILES string of the molecule is Cc1cccc(N2CCN(S(=O)(=O)CC(=O)n3ccccc3=NC(C)C)CC2)c1. The van der Waals surface area contributed by atoms with Crippen LogP contribution >= 0.6 is 0 Å². The molecule has 1 saturated heterocycles. The molecule has 0 aliphatic carbocycles. The molecule has 7 nitrogen and oxygen atoms in total. The largest absolute Gasteiger partial charge is 0.369 e. The van der Waals surface area contributed by atoms with Crippen LogP contribution < -0.4 is 10.4 Å². The van der Waals surface area contributed by atoms with Crippen LogP contribution in [0.1, 0.15) is 24.2 Å². The van der Waals surface area contributed by atoms with Crippen molar-refractivity contribution in [3.05, 3.63) is 59.7 Å². The van der Waals surface area contributed by atoms with Crippen LogP contribution in [0.2, 0.25) is 0 Å². The van der Waals surface area contributed by atoms with Gasteiger partial charge in [0.15, 0.2) is 0 Å². The summed E-state index contributed by atoms with van der Waals surface area (Å²) < 4.78 is 28.4. The molecule has 0 bridgehead atoms. The van der Waals surface area contributed by atoms with Gasteiger partial charge in [0.2, 0.25) is 15.9 Å². The number of piperazine rings is 1. The van der Waals surface area contributed by atoms with E-state index >= 15 is 0 Å². The van der Waals surface area contributed by atoms with Gasteiger partial charge in [-0.2, -0.15) is 4.31 Å². The monoisotopic (exact) mass is 416 g/mol. The number of hydrogen-bond acceptors (Lipinski definition) is 5. The lowest BCUT2D eigenvalue weighted by Gasteiger charge is -2.35. The first-order valence-electron chi connectivity index (χ1n) is 9.80. The number of pyridine rings is 1. The summed E-state index contributed by atoms with van der Waals surface area (Å²) in [6, 6.07) is 13.4. The van der Waals surface area contributed by atoms with E-state index in [9.17, 15) is 13.2 Å². The van der Waals surface area contributed by atoms with Crippen LogP contribution in [0.3, 0.4) is 0 Å². The van der Waals surface area contributed by atoms with E-state index in [0.29, 0.717) is 31.7 Å². The van der Waals surface area contributed by atoms with Gasteiger partial charge in [0.05, 0.1) is 0 Å². The van der Waals surface area contributed by atoms with Crippen molar-refractivity contribution < 1.29 is 13.2 Å². The average Bonchev–Trinajstić information content (AvgIpc) is 2.67. The van der Waals surface area contributed by atoms with Crippen LogP contribution in [0.15, 0.2) is 53.7 Å². The van der Waals surface area contributed by atoms with Gasteiger partial charge in [-0.3, -0.25) is 14.4 Å². The maximum absolute atomic E-state index is 12.8. The van der Waals surface area contributed by atoms with Crippen molar-refractivity contribution in [2.45, 2.75) is 26.8 Å². The molecule has 1 fully saturated rings. The summed E-state index contributed by atoms with van der Waals surface area (Å²) in [5.74, 6) is -1.06. The van der Waals surface area contributed by atoms with Crippen LogP contribution in [-0.4, -0.2) is 61.2 Å². The topological polar surface area (TPSA) is 75.0 Å². The van der Waals surface area contributed by atoms with Crippen molar-refractivity contribution in [3.8, 4) is 0 Å². The quantitative estimate of drug-likeness (QED) is 0.746. The predicted octanol–water partition coefficient (Wildman–Crippen LogP) is 1.90. The van der Waals surface area contributed by atoms with Crippen LogP contribution in [0.25, 0.3) is 0 Å². The van der Waals surface area contributed by atoms with E-state index < -0.39 is 21.7 Å². The molecule has 0 spiro atoms. The van der Waals surface area contributed by atoms with Crippen molar-refractivity contribution in [2.24, 2.45) is 4.99 Å². The molecular formula is C21H28N4O3S. The lowest BCUT2D eigenvalue weighted by molar-refractivity contribution is 0.0933. The number of hydrogen-bond donors (Lipinski definition) is 0. The highest BCUT2D eigenvalue weighted by Gasteiger charge is 2.29. The molecule has 0 atom stereocenters. The molecule has 3 rings (SSSR count). The zero-order valence-electron chi connectivity index (χ0n) is 17.2. The standard InChI is InChI=1S/C21H28N4O3S/c1-17(2)22-20-9-4-5-10-25(20)21(26)16-29(27,28)24-13-11-23(12-14-24)19-8-6-7-18(3)15-19/h4-10,15,17H,11-14,16H2,1-3H3. The molecule has 29 heavy (non-hydrogen) atoms. The maximum atomic E-state index is 12.8. The normalized spacial score (nSPS) is 16.4. The summed E-state index contributed by atoms with van der Waals surface area (Å²) in [6.45, 7) is 7.79. The van der Waals surface area contributed by atoms with Gasteiger partial charge in [-0.25, -0.2) is 8.42 Å². The zero-order chi connectivity index (χ0) is 21.0. The number of aryl methyl sites for hydroxylation is 1. The molecule has 2 heterocycles. The predicted molar refractivity (Wildman–Crippen MR) is 115 cm³/mol. The summed E-state index contributed by atoms with van der Waals surface area (Å²) in [5.41, 5.74) is 2.73. The van der Waals surface area contributed by atoms with Gasteiger partial charge in [0.25, 0.3) is 0 Å².